The molecular formula is C12H14NO6-. The normalized spacial score (nSPS) is 30.9. The molecular weight excluding hydrogens is 254 g/mol. The maximum atomic E-state index is 10.6. The highest BCUT2D eigenvalue weighted by Gasteiger charge is 2.37. The lowest BCUT2D eigenvalue weighted by Crippen LogP contribution is -2.55. The van der Waals surface area contributed by atoms with Gasteiger partial charge in [0.15, 0.2) is 6.23 Å². The topological polar surface area (TPSA) is 122 Å². The third kappa shape index (κ3) is 3.02. The molecule has 7 nitrogen and oxygen atoms in total. The molecule has 1 heterocycles. The summed E-state index contributed by atoms with van der Waals surface area (Å²) in [5, 5.41) is 41.9. The van der Waals surface area contributed by atoms with E-state index in [-0.39, 0.29) is 12.2 Å². The van der Waals surface area contributed by atoms with Gasteiger partial charge in [0.2, 0.25) is 0 Å². The maximum absolute atomic E-state index is 10.6. The van der Waals surface area contributed by atoms with E-state index < -0.39 is 30.5 Å². The van der Waals surface area contributed by atoms with Crippen LogP contribution in [0.15, 0.2) is 24.3 Å². The zero-order valence-electron chi connectivity index (χ0n) is 9.89. The van der Waals surface area contributed by atoms with Crippen LogP contribution in [-0.2, 0) is 4.74 Å². The molecule has 0 spiro atoms. The van der Waals surface area contributed by atoms with Gasteiger partial charge in [0.25, 0.3) is 0 Å². The number of aliphatic hydroxyl groups excluding tert-OH is 3. The molecule has 0 aliphatic carbocycles. The van der Waals surface area contributed by atoms with Gasteiger partial charge < -0.3 is 35.3 Å². The van der Waals surface area contributed by atoms with Crippen molar-refractivity contribution < 1.29 is 30.0 Å². The van der Waals surface area contributed by atoms with Crippen LogP contribution in [-0.4, -0.2) is 52.4 Å². The molecule has 104 valence electrons. The fraction of sp³-hybridized carbons (Fsp3) is 0.417. The van der Waals surface area contributed by atoms with Crippen molar-refractivity contribution in [2.45, 2.75) is 24.5 Å². The second kappa shape index (κ2) is 5.54. The van der Waals surface area contributed by atoms with E-state index in [1.807, 2.05) is 0 Å². The quantitative estimate of drug-likeness (QED) is 0.495. The van der Waals surface area contributed by atoms with Gasteiger partial charge in [0.1, 0.15) is 18.3 Å². The van der Waals surface area contributed by atoms with E-state index in [1.54, 1.807) is 0 Å². The van der Waals surface area contributed by atoms with Crippen molar-refractivity contribution in [3.63, 3.8) is 0 Å². The van der Waals surface area contributed by atoms with Crippen molar-refractivity contribution >= 4 is 11.7 Å². The summed E-state index contributed by atoms with van der Waals surface area (Å²) in [6.07, 6.45) is -4.60. The lowest BCUT2D eigenvalue weighted by Gasteiger charge is -2.35. The number of carboxylic acid groups (broad SMARTS) is 1. The van der Waals surface area contributed by atoms with Crippen molar-refractivity contribution in [3.8, 4) is 0 Å². The first-order valence-electron chi connectivity index (χ1n) is 5.73. The summed E-state index contributed by atoms with van der Waals surface area (Å²) in [5.74, 6) is -1.28. The van der Waals surface area contributed by atoms with Gasteiger partial charge in [-0.1, -0.05) is 12.1 Å². The molecule has 4 atom stereocenters. The molecule has 4 N–H and O–H groups in total. The third-order valence-corrected chi connectivity index (χ3v) is 2.93. The van der Waals surface area contributed by atoms with Crippen LogP contribution in [0.2, 0.25) is 0 Å². The predicted molar refractivity (Wildman–Crippen MR) is 62.2 cm³/mol. The second-order valence-electron chi connectivity index (χ2n) is 4.31. The highest BCUT2D eigenvalue weighted by Crippen LogP contribution is 2.18. The van der Waals surface area contributed by atoms with Crippen LogP contribution in [0.1, 0.15) is 10.4 Å². The number of carboxylic acids is 1. The van der Waals surface area contributed by atoms with Gasteiger partial charge in [0, 0.05) is 5.69 Å². The molecule has 0 saturated carbocycles. The minimum Gasteiger partial charge on any atom is -0.545 e. The maximum Gasteiger partial charge on any atom is 0.156 e. The van der Waals surface area contributed by atoms with E-state index in [0.717, 1.165) is 0 Å². The van der Waals surface area contributed by atoms with E-state index >= 15 is 0 Å². The Morgan fingerprint density at radius 1 is 1.21 bits per heavy atom. The number of carbonyl (C=O) groups is 1. The fourth-order valence-electron chi connectivity index (χ4n) is 1.80. The summed E-state index contributed by atoms with van der Waals surface area (Å²) in [4.78, 5) is 10.6. The molecule has 0 amide bonds. The number of hydrogen-bond donors (Lipinski definition) is 4. The second-order valence-corrected chi connectivity index (χ2v) is 4.31. The predicted octanol–water partition coefficient (Wildman–Crippen LogP) is -2.10. The summed E-state index contributed by atoms with van der Waals surface area (Å²) in [5.41, 5.74) is 0.545. The van der Waals surface area contributed by atoms with Crippen LogP contribution in [0.5, 0.6) is 0 Å². The minimum atomic E-state index is -1.30. The molecule has 0 unspecified atom stereocenters. The molecule has 1 saturated heterocycles. The largest absolute Gasteiger partial charge is 0.545 e. The average Bonchev–Trinajstić information content (AvgIpc) is 2.40. The van der Waals surface area contributed by atoms with Crippen LogP contribution >= 0.6 is 0 Å². The van der Waals surface area contributed by atoms with Crippen LogP contribution in [0.25, 0.3) is 0 Å². The molecule has 1 aliphatic rings. The third-order valence-electron chi connectivity index (χ3n) is 2.93. The first kappa shape index (κ1) is 13.8. The zero-order chi connectivity index (χ0) is 14.0. The number of anilines is 1. The minimum absolute atomic E-state index is 0.0334. The number of carbonyl (C=O) groups excluding carboxylic acids is 1. The number of rotatable bonds is 3. The summed E-state index contributed by atoms with van der Waals surface area (Å²) >= 11 is 0. The van der Waals surface area contributed by atoms with Gasteiger partial charge in [-0.2, -0.15) is 0 Å². The van der Waals surface area contributed by atoms with E-state index in [2.05, 4.69) is 5.32 Å². The van der Waals surface area contributed by atoms with Gasteiger partial charge in [-0.3, -0.25) is 0 Å². The number of ether oxygens (including phenoxy) is 1. The monoisotopic (exact) mass is 268 g/mol. The Hall–Kier alpha value is -1.67. The number of nitrogens with one attached hydrogen (secondary N) is 1. The average molecular weight is 268 g/mol. The van der Waals surface area contributed by atoms with E-state index in [1.165, 1.54) is 24.3 Å². The van der Waals surface area contributed by atoms with E-state index in [9.17, 15) is 25.2 Å². The summed E-state index contributed by atoms with van der Waals surface area (Å²) in [6.45, 7) is -0.104. The molecule has 7 heteroatoms. The Morgan fingerprint density at radius 2 is 1.84 bits per heavy atom. The molecule has 1 aromatic carbocycles. The van der Waals surface area contributed by atoms with E-state index in [4.69, 9.17) is 4.74 Å². The Morgan fingerprint density at radius 3 is 2.42 bits per heavy atom. The number of benzene rings is 1. The first-order chi connectivity index (χ1) is 8.99. The Bertz CT molecular complexity index is 448. The standard InChI is InChI=1S/C12H15NO6/c14-8-5-19-11(10(16)9(8)15)13-7-3-1-6(2-4-7)12(17)18/h1-4,8-11,13-16H,5H2,(H,17,18)/p-1/t8-,9-,10-,11-/m1/s1. The Balaban J connectivity index is 2.03. The molecule has 1 aliphatic heterocycles. The Kier molecular flexibility index (Phi) is 4.01. The Labute approximate surface area is 109 Å². The smallest absolute Gasteiger partial charge is 0.156 e. The van der Waals surface area contributed by atoms with Crippen molar-refractivity contribution in [2.24, 2.45) is 0 Å². The summed E-state index contributed by atoms with van der Waals surface area (Å²) < 4.78 is 5.15. The van der Waals surface area contributed by atoms with E-state index in [0.29, 0.717) is 5.69 Å². The fourth-order valence-corrected chi connectivity index (χ4v) is 1.80. The highest BCUT2D eigenvalue weighted by atomic mass is 16.5. The number of aromatic carboxylic acids is 1. The van der Waals surface area contributed by atoms with Gasteiger partial charge in [0.05, 0.1) is 12.6 Å². The van der Waals surface area contributed by atoms with Crippen molar-refractivity contribution in [3.05, 3.63) is 29.8 Å². The highest BCUT2D eigenvalue weighted by molar-refractivity contribution is 5.86. The van der Waals surface area contributed by atoms with Crippen LogP contribution in [0.3, 0.4) is 0 Å². The van der Waals surface area contributed by atoms with Crippen molar-refractivity contribution in [1.82, 2.24) is 0 Å². The van der Waals surface area contributed by atoms with Crippen molar-refractivity contribution in [1.29, 1.82) is 0 Å². The summed E-state index contributed by atoms with van der Waals surface area (Å²) in [7, 11) is 0. The van der Waals surface area contributed by atoms with Gasteiger partial charge >= 0.3 is 0 Å². The SMILES string of the molecule is O=C([O-])c1ccc(N[C@@H]2OC[C@@H](O)[C@@H](O)[C@H]2O)cc1. The van der Waals surface area contributed by atoms with Crippen LogP contribution in [0, 0.1) is 0 Å². The molecule has 0 aromatic heterocycles. The molecule has 1 fully saturated rings. The summed E-state index contributed by atoms with van der Waals surface area (Å²) in [6, 6.07) is 5.66. The lowest BCUT2D eigenvalue weighted by molar-refractivity contribution is -0.255. The van der Waals surface area contributed by atoms with Gasteiger partial charge in [-0.05, 0) is 17.7 Å². The molecule has 1 aromatic rings. The molecule has 0 radical (unpaired) electrons. The van der Waals surface area contributed by atoms with Gasteiger partial charge in [-0.25, -0.2) is 0 Å². The molecule has 0 bridgehead atoms. The molecule has 2 rings (SSSR count). The van der Waals surface area contributed by atoms with Crippen LogP contribution < -0.4 is 10.4 Å². The molecule has 19 heavy (non-hydrogen) atoms. The lowest BCUT2D eigenvalue weighted by atomic mass is 10.0. The number of aliphatic hydroxyl groups is 3. The van der Waals surface area contributed by atoms with Gasteiger partial charge in [-0.15, -0.1) is 0 Å². The van der Waals surface area contributed by atoms with Crippen molar-refractivity contribution in [2.75, 3.05) is 11.9 Å². The zero-order valence-corrected chi connectivity index (χ0v) is 9.89. The first-order valence-corrected chi connectivity index (χ1v) is 5.73. The van der Waals surface area contributed by atoms with Crippen LogP contribution in [0.4, 0.5) is 5.69 Å². The number of hydrogen-bond acceptors (Lipinski definition) is 7.